The van der Waals surface area contributed by atoms with E-state index in [1.807, 2.05) is 78.9 Å². The molecular weight excluding hydrogens is 422 g/mol. The van der Waals surface area contributed by atoms with E-state index in [0.717, 1.165) is 33.4 Å². The molecule has 0 saturated heterocycles. The molecule has 1 heterocycles. The zero-order chi connectivity index (χ0) is 24.6. The zero-order valence-corrected chi connectivity index (χ0v) is 19.9. The highest BCUT2D eigenvalue weighted by atomic mass is 16.5. The fraction of sp³-hybridized carbons (Fsp3) is 0.207. The van der Waals surface area contributed by atoms with Crippen molar-refractivity contribution < 1.29 is 9.15 Å². The maximum atomic E-state index is 9.46. The maximum Gasteiger partial charge on any atom is 0.164 e. The Hall–Kier alpha value is -3.85. The number of allylic oxidation sites excluding steroid dienone is 1. The molecule has 0 spiro atoms. The Kier molecular flexibility index (Phi) is 8.26. The molecule has 0 unspecified atom stereocenters. The molecule has 34 heavy (non-hydrogen) atoms. The third-order valence-electron chi connectivity index (χ3n) is 5.80. The predicted octanol–water partition coefficient (Wildman–Crippen LogP) is 5.89. The molecule has 1 aromatic heterocycles. The van der Waals surface area contributed by atoms with Gasteiger partial charge in [0.1, 0.15) is 11.8 Å². The molecule has 4 aromatic rings. The Balaban J connectivity index is 0.000000243. The number of furan rings is 1. The molecule has 0 aliphatic heterocycles. The van der Waals surface area contributed by atoms with Crippen LogP contribution in [0.1, 0.15) is 36.1 Å². The molecule has 174 valence electrons. The zero-order valence-electron chi connectivity index (χ0n) is 19.9. The summed E-state index contributed by atoms with van der Waals surface area (Å²) in [6.07, 6.45) is 3.51. The number of hydrogen-bond donors (Lipinski definition) is 2. The van der Waals surface area contributed by atoms with Gasteiger partial charge >= 0.3 is 0 Å². The van der Waals surface area contributed by atoms with Crippen LogP contribution in [0.3, 0.4) is 0 Å². The van der Waals surface area contributed by atoms with Gasteiger partial charge in [0.05, 0.1) is 24.1 Å². The monoisotopic (exact) mass is 453 g/mol. The van der Waals surface area contributed by atoms with E-state index in [1.165, 1.54) is 5.56 Å². The molecule has 0 amide bonds. The first-order valence-electron chi connectivity index (χ1n) is 11.1. The Morgan fingerprint density at radius 2 is 1.68 bits per heavy atom. The van der Waals surface area contributed by atoms with E-state index in [9.17, 15) is 5.26 Å². The number of benzene rings is 3. The van der Waals surface area contributed by atoms with Crippen molar-refractivity contribution in [2.75, 3.05) is 13.7 Å². The first-order valence-corrected chi connectivity index (χ1v) is 11.1. The Morgan fingerprint density at radius 1 is 1.00 bits per heavy atom. The van der Waals surface area contributed by atoms with Crippen molar-refractivity contribution >= 4 is 22.6 Å². The number of fused-ring (bicyclic) bond motifs is 1. The van der Waals surface area contributed by atoms with Gasteiger partial charge in [0.25, 0.3) is 0 Å². The number of nitrogens with two attached hydrogens (primary N) is 2. The average Bonchev–Trinajstić information content (AvgIpc) is 3.31. The molecule has 0 fully saturated rings. The molecule has 0 bridgehead atoms. The summed E-state index contributed by atoms with van der Waals surface area (Å²) in [6.45, 7) is 5.33. The number of nitrogens with zero attached hydrogens (tertiary/aromatic N) is 1. The van der Waals surface area contributed by atoms with Gasteiger partial charge in [-0.1, -0.05) is 74.5 Å². The lowest BCUT2D eigenvalue weighted by Gasteiger charge is -2.23. The molecule has 3 aromatic carbocycles. The molecule has 0 saturated carbocycles. The van der Waals surface area contributed by atoms with Crippen LogP contribution in [0.5, 0.6) is 5.75 Å². The first kappa shape index (κ1) is 24.8. The van der Waals surface area contributed by atoms with Gasteiger partial charge in [-0.25, -0.2) is 0 Å². The largest absolute Gasteiger partial charge is 0.493 e. The number of para-hydroxylation sites is 1. The van der Waals surface area contributed by atoms with Gasteiger partial charge in [-0.05, 0) is 40.5 Å². The second-order valence-corrected chi connectivity index (χ2v) is 8.58. The third kappa shape index (κ3) is 5.93. The van der Waals surface area contributed by atoms with Crippen LogP contribution in [0.4, 0.5) is 0 Å². The van der Waals surface area contributed by atoms with Gasteiger partial charge < -0.3 is 20.6 Å². The van der Waals surface area contributed by atoms with Gasteiger partial charge in [-0.2, -0.15) is 5.26 Å². The lowest BCUT2D eigenvalue weighted by atomic mass is 9.84. The van der Waals surface area contributed by atoms with Crippen LogP contribution in [-0.2, 0) is 12.0 Å². The van der Waals surface area contributed by atoms with E-state index in [2.05, 4.69) is 19.9 Å². The van der Waals surface area contributed by atoms with Crippen LogP contribution in [0.2, 0.25) is 0 Å². The summed E-state index contributed by atoms with van der Waals surface area (Å²) in [5.41, 5.74) is 17.0. The third-order valence-corrected chi connectivity index (χ3v) is 5.80. The molecule has 0 atom stereocenters. The normalized spacial score (nSPS) is 11.5. The summed E-state index contributed by atoms with van der Waals surface area (Å²) in [4.78, 5) is 0. The second-order valence-electron chi connectivity index (χ2n) is 8.58. The maximum absolute atomic E-state index is 9.46. The highest BCUT2D eigenvalue weighted by molar-refractivity contribution is 5.89. The van der Waals surface area contributed by atoms with Crippen LogP contribution < -0.4 is 16.2 Å². The summed E-state index contributed by atoms with van der Waals surface area (Å²) in [5.74, 6) is 0.792. The van der Waals surface area contributed by atoms with Crippen molar-refractivity contribution in [3.63, 3.8) is 0 Å². The van der Waals surface area contributed by atoms with Crippen LogP contribution in [0.15, 0.2) is 83.5 Å². The van der Waals surface area contributed by atoms with Gasteiger partial charge in [0.15, 0.2) is 5.75 Å². The van der Waals surface area contributed by atoms with Crippen molar-refractivity contribution in [3.05, 3.63) is 101 Å². The smallest absolute Gasteiger partial charge is 0.164 e. The highest BCUT2D eigenvalue weighted by Crippen LogP contribution is 2.27. The Bertz CT molecular complexity index is 1280. The summed E-state index contributed by atoms with van der Waals surface area (Å²) in [6, 6.07) is 26.0. The number of hydrogen-bond acceptors (Lipinski definition) is 5. The van der Waals surface area contributed by atoms with E-state index in [-0.39, 0.29) is 5.41 Å². The molecule has 4 N–H and O–H groups in total. The van der Waals surface area contributed by atoms with Gasteiger partial charge in [0, 0.05) is 18.5 Å². The van der Waals surface area contributed by atoms with Crippen molar-refractivity contribution in [1.82, 2.24) is 0 Å². The molecule has 0 radical (unpaired) electrons. The predicted molar refractivity (Wildman–Crippen MR) is 139 cm³/mol. The molecule has 0 aliphatic carbocycles. The molecular formula is C29H31N3O2. The lowest BCUT2D eigenvalue weighted by molar-refractivity contribution is 0.410. The van der Waals surface area contributed by atoms with Gasteiger partial charge in [0.2, 0.25) is 0 Å². The quantitative estimate of drug-likeness (QED) is 0.280. The Morgan fingerprint density at radius 3 is 2.26 bits per heavy atom. The SMILES string of the molecule is CC(C)(CN)c1ccc(/C(C#N)=C/c2ccc(CN)cc2)cc1.COc1coc2ccccc12. The Labute approximate surface area is 201 Å². The van der Waals surface area contributed by atoms with Crippen molar-refractivity contribution in [1.29, 1.82) is 5.26 Å². The van der Waals surface area contributed by atoms with Crippen LogP contribution >= 0.6 is 0 Å². The second kappa shape index (κ2) is 11.3. The van der Waals surface area contributed by atoms with Crippen LogP contribution in [0, 0.1) is 11.3 Å². The number of ether oxygens (including phenoxy) is 1. The van der Waals surface area contributed by atoms with Gasteiger partial charge in [-0.3, -0.25) is 0 Å². The fourth-order valence-corrected chi connectivity index (χ4v) is 3.43. The summed E-state index contributed by atoms with van der Waals surface area (Å²) >= 11 is 0. The summed E-state index contributed by atoms with van der Waals surface area (Å²) < 4.78 is 10.3. The minimum atomic E-state index is -0.0624. The van der Waals surface area contributed by atoms with Crippen molar-refractivity contribution in [3.8, 4) is 11.8 Å². The molecule has 5 heteroatoms. The first-order chi connectivity index (χ1) is 16.4. The summed E-state index contributed by atoms with van der Waals surface area (Å²) in [5, 5.41) is 10.5. The number of rotatable bonds is 6. The molecule has 5 nitrogen and oxygen atoms in total. The van der Waals surface area contributed by atoms with Crippen LogP contribution in [-0.4, -0.2) is 13.7 Å². The number of nitriles is 1. The van der Waals surface area contributed by atoms with Crippen molar-refractivity contribution in [2.45, 2.75) is 25.8 Å². The van der Waals surface area contributed by atoms with Gasteiger partial charge in [-0.15, -0.1) is 0 Å². The lowest BCUT2D eigenvalue weighted by Crippen LogP contribution is -2.27. The van der Waals surface area contributed by atoms with E-state index < -0.39 is 0 Å². The fourth-order valence-electron chi connectivity index (χ4n) is 3.43. The molecule has 4 rings (SSSR count). The summed E-state index contributed by atoms with van der Waals surface area (Å²) in [7, 11) is 1.64. The topological polar surface area (TPSA) is 98.2 Å². The highest BCUT2D eigenvalue weighted by Gasteiger charge is 2.18. The standard InChI is InChI=1S/C20H23N3.C9H8O2/c1-20(2,14-23)19-9-7-17(8-10-19)18(13-22)11-15-3-5-16(12-21)6-4-15;1-10-9-6-11-8-5-3-2-4-7(8)9/h3-11H,12,14,21,23H2,1-2H3;2-6H,1H3/b18-11+;. The van der Waals surface area contributed by atoms with E-state index in [1.54, 1.807) is 13.4 Å². The van der Waals surface area contributed by atoms with Crippen LogP contribution in [0.25, 0.3) is 22.6 Å². The average molecular weight is 454 g/mol. The minimum absolute atomic E-state index is 0.0624. The number of methoxy groups -OCH3 is 1. The van der Waals surface area contributed by atoms with E-state index in [4.69, 9.17) is 20.6 Å². The van der Waals surface area contributed by atoms with Crippen molar-refractivity contribution in [2.24, 2.45) is 11.5 Å². The molecule has 0 aliphatic rings. The van der Waals surface area contributed by atoms with E-state index >= 15 is 0 Å². The van der Waals surface area contributed by atoms with E-state index in [0.29, 0.717) is 18.7 Å². The minimum Gasteiger partial charge on any atom is -0.493 e.